The fourth-order valence-corrected chi connectivity index (χ4v) is 0. The molecule has 0 aromatic heterocycles. The van der Waals surface area contributed by atoms with Crippen LogP contribution in [0.3, 0.4) is 0 Å². The second kappa shape index (κ2) is 5.12. The zero-order chi connectivity index (χ0) is 9.71. The summed E-state index contributed by atoms with van der Waals surface area (Å²) in [6.45, 7) is 0. The van der Waals surface area contributed by atoms with Gasteiger partial charge in [-0.15, -0.1) is 0 Å². The molecule has 11 heteroatoms. The topological polar surface area (TPSA) is 173 Å². The summed E-state index contributed by atoms with van der Waals surface area (Å²) >= 11 is -5.69. The molecule has 0 radical (unpaired) electrons. The molecular formula is H3IO9S. The Hall–Kier alpha value is 0.400. The summed E-state index contributed by atoms with van der Waals surface area (Å²) in [5, 5.41) is 7.06. The van der Waals surface area contributed by atoms with E-state index in [9.17, 15) is 0 Å². The maximum atomic E-state index is 9.08. The fourth-order valence-electron chi connectivity index (χ4n) is 0. The zero-order valence-electron chi connectivity index (χ0n) is 4.58. The molecule has 0 aromatic carbocycles. The van der Waals surface area contributed by atoms with E-state index in [4.69, 9.17) is 32.0 Å². The monoisotopic (exact) mass is 306 g/mol. The normalized spacial score (nSPS) is 11.8. The maximum absolute atomic E-state index is 9.08. The molecule has 70 valence electrons. The van der Waals surface area contributed by atoms with Gasteiger partial charge in [-0.25, -0.2) is 5.26 Å². The van der Waals surface area contributed by atoms with Crippen molar-refractivity contribution in [3.8, 4) is 0 Å². The van der Waals surface area contributed by atoms with E-state index in [0.29, 0.717) is 0 Å². The third-order valence-electron chi connectivity index (χ3n) is 0.0942. The molecule has 0 atom stereocenters. The molecule has 0 spiro atoms. The van der Waals surface area contributed by atoms with Gasteiger partial charge in [-0.3, -0.25) is 14.9 Å². The first-order chi connectivity index (χ1) is 4.56. The number of halogens is 1. The molecule has 0 saturated heterocycles. The van der Waals surface area contributed by atoms with Crippen LogP contribution in [0.1, 0.15) is 0 Å². The van der Waals surface area contributed by atoms with Crippen LogP contribution in [0, 0.1) is 0 Å². The minimum atomic E-state index is -5.69. The summed E-state index contributed by atoms with van der Waals surface area (Å²) in [6, 6.07) is 0. The summed E-state index contributed by atoms with van der Waals surface area (Å²) in [6.07, 6.45) is 0. The lowest BCUT2D eigenvalue weighted by atomic mass is 15.0. The van der Waals surface area contributed by atoms with Crippen molar-refractivity contribution in [3.05, 3.63) is 0 Å². The Bertz CT molecular complexity index is 164. The van der Waals surface area contributed by atoms with Gasteiger partial charge in [-0.2, -0.15) is 8.42 Å². The lowest BCUT2D eigenvalue weighted by Gasteiger charge is -1.93. The fraction of sp³-hybridized carbons (Fsp3) is 0. The van der Waals surface area contributed by atoms with Gasteiger partial charge in [0.1, 0.15) is 0 Å². The van der Waals surface area contributed by atoms with Gasteiger partial charge in [-0.1, -0.05) is 4.33 Å². The van der Waals surface area contributed by atoms with Crippen LogP contribution in [-0.2, 0) is 14.7 Å². The highest BCUT2D eigenvalue weighted by Gasteiger charge is 2.11. The van der Waals surface area contributed by atoms with Gasteiger partial charge >= 0.3 is 30.5 Å². The summed E-state index contributed by atoms with van der Waals surface area (Å²) in [5.74, 6) is 0. The molecule has 0 unspecified atom stereocenters. The van der Waals surface area contributed by atoms with Gasteiger partial charge in [0.25, 0.3) is 0 Å². The van der Waals surface area contributed by atoms with E-state index in [-0.39, 0.29) is 0 Å². The summed E-state index contributed by atoms with van der Waals surface area (Å²) in [7, 11) is -4.61. The standard InChI is InChI=1S/HIO4.H2O5S/c2-1(3,4)5;1-5-6(2,3)4/h2H;1H,(H,2,3,4). The van der Waals surface area contributed by atoms with Crippen LogP contribution in [0.4, 0.5) is 0 Å². The van der Waals surface area contributed by atoms with Crippen LogP contribution < -0.4 is 30.4 Å². The number of hydrogen-bond donors (Lipinski definition) is 3. The van der Waals surface area contributed by atoms with E-state index in [1.165, 1.54) is 0 Å². The summed E-state index contributed by atoms with van der Waals surface area (Å²) in [5.41, 5.74) is 0. The molecule has 0 bridgehead atoms. The quantitative estimate of drug-likeness (QED) is 0.184. The Balaban J connectivity index is 0. The SMILES string of the molecule is O=S(=O)(O)OO.[O-][I+3]([O-])([O-])O. The molecule has 11 heavy (non-hydrogen) atoms. The Morgan fingerprint density at radius 3 is 1.36 bits per heavy atom. The van der Waals surface area contributed by atoms with E-state index >= 15 is 0 Å². The van der Waals surface area contributed by atoms with Crippen molar-refractivity contribution in [3.63, 3.8) is 0 Å². The Labute approximate surface area is 67.1 Å². The van der Waals surface area contributed by atoms with Crippen LogP contribution >= 0.6 is 0 Å². The van der Waals surface area contributed by atoms with E-state index < -0.39 is 30.5 Å². The third-order valence-corrected chi connectivity index (χ3v) is 0.283. The highest BCUT2D eigenvalue weighted by atomic mass is 127. The van der Waals surface area contributed by atoms with Gasteiger partial charge in [-0.05, 0) is 0 Å². The van der Waals surface area contributed by atoms with Crippen molar-refractivity contribution in [1.82, 2.24) is 0 Å². The Morgan fingerprint density at radius 1 is 1.27 bits per heavy atom. The van der Waals surface area contributed by atoms with Crippen LogP contribution in [0.25, 0.3) is 0 Å². The van der Waals surface area contributed by atoms with E-state index in [1.54, 1.807) is 0 Å². The van der Waals surface area contributed by atoms with Gasteiger partial charge in [0.2, 0.25) is 0 Å². The second-order valence-corrected chi connectivity index (χ2v) is 4.16. The van der Waals surface area contributed by atoms with E-state index in [1.807, 2.05) is 0 Å². The average Bonchev–Trinajstić information content (AvgIpc) is 1.59. The van der Waals surface area contributed by atoms with Crippen molar-refractivity contribution in [2.24, 2.45) is 0 Å². The lowest BCUT2D eigenvalue weighted by Crippen LogP contribution is -4.23. The third kappa shape index (κ3) is 63.5. The largest absolute Gasteiger partial charge is 0.423 e. The van der Waals surface area contributed by atoms with Crippen molar-refractivity contribution in [2.75, 3.05) is 0 Å². The Kier molecular flexibility index (Phi) is 6.49. The lowest BCUT2D eigenvalue weighted by molar-refractivity contribution is -1.92. The molecule has 3 N–H and O–H groups in total. The Morgan fingerprint density at radius 2 is 1.36 bits per heavy atom. The predicted octanol–water partition coefficient (Wildman–Crippen LogP) is -7.84. The molecule has 0 saturated carbocycles. The summed E-state index contributed by atoms with van der Waals surface area (Å²) < 4.78 is 61.2. The molecule has 0 amide bonds. The summed E-state index contributed by atoms with van der Waals surface area (Å²) in [4.78, 5) is 0. The van der Waals surface area contributed by atoms with Crippen molar-refractivity contribution >= 4 is 10.4 Å². The molecule has 0 rings (SSSR count). The van der Waals surface area contributed by atoms with Gasteiger partial charge in [0, 0.05) is 3.44 Å². The molecule has 0 aliphatic carbocycles. The van der Waals surface area contributed by atoms with Gasteiger partial charge < -0.3 is 0 Å². The van der Waals surface area contributed by atoms with Crippen LogP contribution in [0.5, 0.6) is 0 Å². The molecule has 0 aliphatic rings. The van der Waals surface area contributed by atoms with Crippen molar-refractivity contribution in [2.45, 2.75) is 0 Å². The first kappa shape index (κ1) is 14.0. The van der Waals surface area contributed by atoms with E-state index in [0.717, 1.165) is 0 Å². The second-order valence-electron chi connectivity index (χ2n) is 0.898. The highest BCUT2D eigenvalue weighted by Crippen LogP contribution is 1.74. The molecule has 0 fully saturated rings. The smallest absolute Gasteiger partial charge is 0.262 e. The van der Waals surface area contributed by atoms with Crippen LogP contribution in [0.2, 0.25) is 0 Å². The molecule has 0 aromatic rings. The first-order valence-electron chi connectivity index (χ1n) is 1.50. The maximum Gasteiger partial charge on any atom is 0.423 e. The van der Waals surface area contributed by atoms with Crippen LogP contribution in [-0.4, -0.2) is 21.7 Å². The number of rotatable bonds is 1. The molecule has 9 nitrogen and oxygen atoms in total. The highest BCUT2D eigenvalue weighted by molar-refractivity contribution is 7.80. The van der Waals surface area contributed by atoms with Crippen LogP contribution in [0.15, 0.2) is 0 Å². The van der Waals surface area contributed by atoms with Crippen molar-refractivity contribution < 1.29 is 56.4 Å². The minimum Gasteiger partial charge on any atom is -0.262 e. The van der Waals surface area contributed by atoms with Gasteiger partial charge in [0.15, 0.2) is 0 Å². The molecule has 0 aliphatic heterocycles. The number of hydrogen-bond acceptors (Lipinski definition) is 8. The first-order valence-corrected chi connectivity index (χ1v) is 6.47. The average molecular weight is 306 g/mol. The van der Waals surface area contributed by atoms with Crippen molar-refractivity contribution in [1.29, 1.82) is 0 Å². The molecule has 0 heterocycles. The van der Waals surface area contributed by atoms with Gasteiger partial charge in [0.05, 0.1) is 0 Å². The zero-order valence-corrected chi connectivity index (χ0v) is 7.55. The minimum absolute atomic E-state index is 2.47. The van der Waals surface area contributed by atoms with E-state index in [2.05, 4.69) is 4.33 Å². The predicted molar refractivity (Wildman–Crippen MR) is 17.5 cm³/mol. The molecular weight excluding hydrogens is 303 g/mol.